The fourth-order valence-electron chi connectivity index (χ4n) is 7.49. The normalized spacial score (nSPS) is 28.6. The molecule has 2 aliphatic heterocycles. The van der Waals surface area contributed by atoms with Crippen LogP contribution in [0.5, 0.6) is 0 Å². The third-order valence-corrected chi connectivity index (χ3v) is 13.2. The van der Waals surface area contributed by atoms with Crippen molar-refractivity contribution in [3.05, 3.63) is 0 Å². The molecule has 14 nitrogen and oxygen atoms in total. The summed E-state index contributed by atoms with van der Waals surface area (Å²) < 4.78 is 29.5. The van der Waals surface area contributed by atoms with Crippen LogP contribution in [0.15, 0.2) is 0 Å². The predicted molar refractivity (Wildman–Crippen MR) is 178 cm³/mol. The smallest absolute Gasteiger partial charge is 0.315 e. The van der Waals surface area contributed by atoms with E-state index < -0.39 is 74.7 Å². The number of carbonyl (C=O) groups is 5. The summed E-state index contributed by atoms with van der Waals surface area (Å²) in [6.45, 7) is 17.0. The Labute approximate surface area is 284 Å². The Hall–Kier alpha value is -2.78. The molecular weight excluding hydrogens is 638 g/mol. The van der Waals surface area contributed by atoms with E-state index in [9.17, 15) is 32.4 Å². The number of nitrogens with one attached hydrogen (secondary N) is 3. The summed E-state index contributed by atoms with van der Waals surface area (Å²) in [5.74, 6) is -2.70. The molecule has 5 amide bonds. The van der Waals surface area contributed by atoms with Crippen molar-refractivity contribution in [1.82, 2.24) is 29.5 Å². The Morgan fingerprint density at radius 3 is 2.00 bits per heavy atom. The fraction of sp³-hybridized carbons (Fsp3) is 0.848. The van der Waals surface area contributed by atoms with Gasteiger partial charge in [0.15, 0.2) is 0 Å². The highest BCUT2D eigenvalue weighted by molar-refractivity contribution is 7.87. The molecule has 0 bridgehead atoms. The second-order valence-electron chi connectivity index (χ2n) is 17.4. The highest BCUT2D eigenvalue weighted by Gasteiger charge is 2.70. The first-order valence-corrected chi connectivity index (χ1v) is 18.7. The standard InChI is InChI=1S/C33H55N7O7S/c1-31(2,3)21(17-39-14-13-38(48(39,46)47)15-18-9-10-18)35-30(45)37-26(32(4,5)6)29(44)40-16-20-22(33(20,7)8)24(40)28(43)36-23(19-11-12-19)25(41)27(34)42/h18-24,26H,9-17H2,1-8H3,(H2,34,42)(H,36,43)(H2,35,37,45)/t20-,21+,22-,23?,24-,26+/m0/s1. The molecule has 0 aromatic rings. The van der Waals surface area contributed by atoms with Gasteiger partial charge in [0.25, 0.3) is 16.1 Å². The molecule has 3 saturated carbocycles. The third-order valence-electron chi connectivity index (χ3n) is 11.2. The molecule has 270 valence electrons. The van der Waals surface area contributed by atoms with Crippen LogP contribution in [0.4, 0.5) is 4.79 Å². The Morgan fingerprint density at radius 2 is 1.48 bits per heavy atom. The van der Waals surface area contributed by atoms with Crippen LogP contribution in [0.2, 0.25) is 0 Å². The van der Waals surface area contributed by atoms with E-state index >= 15 is 0 Å². The van der Waals surface area contributed by atoms with Crippen molar-refractivity contribution < 1.29 is 32.4 Å². The van der Waals surface area contributed by atoms with Crippen molar-refractivity contribution in [2.24, 2.45) is 45.7 Å². The molecule has 0 aromatic carbocycles. The van der Waals surface area contributed by atoms with Crippen LogP contribution in [0.25, 0.3) is 0 Å². The first-order chi connectivity index (χ1) is 22.0. The van der Waals surface area contributed by atoms with E-state index in [0.29, 0.717) is 44.9 Å². The number of ketones is 1. The van der Waals surface area contributed by atoms with Crippen LogP contribution in [0.1, 0.15) is 81.1 Å². The number of hydrogen-bond acceptors (Lipinski definition) is 7. The Balaban J connectivity index is 1.30. The molecule has 5 N–H and O–H groups in total. The molecule has 1 unspecified atom stereocenters. The minimum absolute atomic E-state index is 0.0602. The minimum atomic E-state index is -3.64. The Morgan fingerprint density at radius 1 is 0.875 bits per heavy atom. The predicted octanol–water partition coefficient (Wildman–Crippen LogP) is 0.820. The van der Waals surface area contributed by atoms with Gasteiger partial charge in [-0.05, 0) is 65.6 Å². The van der Waals surface area contributed by atoms with Crippen molar-refractivity contribution in [2.45, 2.75) is 105 Å². The highest BCUT2D eigenvalue weighted by Crippen LogP contribution is 2.65. The van der Waals surface area contributed by atoms with Gasteiger partial charge in [0.05, 0.1) is 0 Å². The maximum absolute atomic E-state index is 14.3. The average molecular weight is 694 g/mol. The average Bonchev–Trinajstić information content (AvgIpc) is 3.91. The summed E-state index contributed by atoms with van der Waals surface area (Å²) in [4.78, 5) is 67.6. The minimum Gasteiger partial charge on any atom is -0.363 e. The summed E-state index contributed by atoms with van der Waals surface area (Å²) in [5.41, 5.74) is 3.81. The summed E-state index contributed by atoms with van der Waals surface area (Å²) in [6.07, 6.45) is 3.48. The van der Waals surface area contributed by atoms with E-state index in [2.05, 4.69) is 16.0 Å². The largest absolute Gasteiger partial charge is 0.363 e. The fourth-order valence-corrected chi connectivity index (χ4v) is 9.18. The maximum atomic E-state index is 14.3. The van der Waals surface area contributed by atoms with E-state index in [4.69, 9.17) is 5.73 Å². The molecule has 15 heteroatoms. The molecule has 5 rings (SSSR count). The van der Waals surface area contributed by atoms with Crippen LogP contribution in [-0.4, -0.2) is 108 Å². The zero-order valence-electron chi connectivity index (χ0n) is 29.7. The molecule has 0 aromatic heterocycles. The molecule has 48 heavy (non-hydrogen) atoms. The van der Waals surface area contributed by atoms with Crippen molar-refractivity contribution in [3.8, 4) is 0 Å². The number of urea groups is 1. The Bertz CT molecular complexity index is 1440. The number of hydrogen-bond donors (Lipinski definition) is 4. The zero-order chi connectivity index (χ0) is 35.7. The molecule has 6 atom stereocenters. The number of primary amides is 1. The number of Topliss-reactive ketones (excluding diaryl/α,β-unsaturated/α-hetero) is 1. The van der Waals surface area contributed by atoms with E-state index in [1.54, 1.807) is 0 Å². The van der Waals surface area contributed by atoms with Gasteiger partial charge in [0, 0.05) is 38.8 Å². The summed E-state index contributed by atoms with van der Waals surface area (Å²) in [7, 11) is -3.64. The summed E-state index contributed by atoms with van der Waals surface area (Å²) >= 11 is 0. The summed E-state index contributed by atoms with van der Waals surface area (Å²) in [5, 5.41) is 8.60. The number of nitrogens with zero attached hydrogens (tertiary/aromatic N) is 3. The lowest BCUT2D eigenvalue weighted by atomic mass is 9.85. The topological polar surface area (TPSA) is 191 Å². The number of carbonyl (C=O) groups excluding carboxylic acids is 5. The molecule has 2 saturated heterocycles. The maximum Gasteiger partial charge on any atom is 0.315 e. The lowest BCUT2D eigenvalue weighted by Gasteiger charge is -2.39. The molecular formula is C33H55N7O7S. The first-order valence-electron chi connectivity index (χ1n) is 17.3. The van der Waals surface area contributed by atoms with Gasteiger partial charge < -0.3 is 26.6 Å². The second-order valence-corrected chi connectivity index (χ2v) is 19.4. The van der Waals surface area contributed by atoms with Gasteiger partial charge in [-0.15, -0.1) is 0 Å². The second kappa shape index (κ2) is 12.5. The Kier molecular flexibility index (Phi) is 9.52. The van der Waals surface area contributed by atoms with Crippen LogP contribution in [-0.2, 0) is 29.4 Å². The van der Waals surface area contributed by atoms with E-state index in [-0.39, 0.29) is 29.7 Å². The van der Waals surface area contributed by atoms with Crippen molar-refractivity contribution >= 4 is 39.7 Å². The molecule has 5 aliphatic rings. The third kappa shape index (κ3) is 7.37. The number of amides is 5. The van der Waals surface area contributed by atoms with E-state index in [1.807, 2.05) is 55.4 Å². The molecule has 5 fully saturated rings. The molecule has 2 heterocycles. The van der Waals surface area contributed by atoms with Crippen LogP contribution < -0.4 is 21.7 Å². The SMILES string of the molecule is CC(C)(C)[C@H](NC(=O)N[C@H](CN1CCN(CC2CC2)S1(=O)=O)C(C)(C)C)C(=O)N1C[C@H]2[C@@H]([C@H]1C(=O)NC(C(=O)C(N)=O)C1CC1)C2(C)C. The number of fused-ring (bicyclic) bond motifs is 1. The number of piperidine rings is 1. The van der Waals surface area contributed by atoms with Gasteiger partial charge in [-0.3, -0.25) is 19.2 Å². The molecule has 0 spiro atoms. The monoisotopic (exact) mass is 693 g/mol. The van der Waals surface area contributed by atoms with Gasteiger partial charge in [-0.25, -0.2) is 4.79 Å². The van der Waals surface area contributed by atoms with Gasteiger partial charge in [-0.1, -0.05) is 55.4 Å². The van der Waals surface area contributed by atoms with Gasteiger partial charge in [0.2, 0.25) is 17.6 Å². The van der Waals surface area contributed by atoms with Gasteiger partial charge in [-0.2, -0.15) is 17.0 Å². The van der Waals surface area contributed by atoms with Crippen LogP contribution in [0, 0.1) is 39.9 Å². The van der Waals surface area contributed by atoms with Crippen molar-refractivity contribution in [3.63, 3.8) is 0 Å². The van der Waals surface area contributed by atoms with Gasteiger partial charge >= 0.3 is 6.03 Å². The van der Waals surface area contributed by atoms with Gasteiger partial charge in [0.1, 0.15) is 18.1 Å². The van der Waals surface area contributed by atoms with E-state index in [1.165, 1.54) is 13.5 Å². The molecule has 0 radical (unpaired) electrons. The molecule has 3 aliphatic carbocycles. The quantitative estimate of drug-likeness (QED) is 0.218. The van der Waals surface area contributed by atoms with Crippen LogP contribution >= 0.6 is 0 Å². The van der Waals surface area contributed by atoms with Crippen molar-refractivity contribution in [1.29, 1.82) is 0 Å². The highest BCUT2D eigenvalue weighted by atomic mass is 32.2. The van der Waals surface area contributed by atoms with Crippen LogP contribution in [0.3, 0.4) is 0 Å². The number of nitrogens with two attached hydrogens (primary N) is 1. The van der Waals surface area contributed by atoms with E-state index in [0.717, 1.165) is 12.8 Å². The lowest BCUT2D eigenvalue weighted by molar-refractivity contribution is -0.145. The number of likely N-dealkylation sites (tertiary alicyclic amines) is 1. The first kappa shape index (κ1) is 36.5. The lowest BCUT2D eigenvalue weighted by Crippen LogP contribution is -2.63. The zero-order valence-corrected chi connectivity index (χ0v) is 30.5. The number of rotatable bonds is 12. The van der Waals surface area contributed by atoms with Crippen molar-refractivity contribution in [2.75, 3.05) is 32.7 Å². The summed E-state index contributed by atoms with van der Waals surface area (Å²) in [6, 6.07) is -4.10.